The number of halogens is 1. The van der Waals surface area contributed by atoms with Crippen molar-refractivity contribution in [2.45, 2.75) is 38.8 Å². The van der Waals surface area contributed by atoms with Crippen molar-refractivity contribution in [2.75, 3.05) is 18.0 Å². The molecular formula is C24H27ClN4. The van der Waals surface area contributed by atoms with Gasteiger partial charge in [-0.15, -0.1) is 0 Å². The molecule has 1 aliphatic heterocycles. The average Bonchev–Trinajstić information content (AvgIpc) is 3.22. The van der Waals surface area contributed by atoms with Crippen LogP contribution in [0.4, 0.5) is 5.82 Å². The Morgan fingerprint density at radius 2 is 1.79 bits per heavy atom. The third kappa shape index (κ3) is 4.60. The van der Waals surface area contributed by atoms with Gasteiger partial charge in [0.15, 0.2) is 0 Å². The quantitative estimate of drug-likeness (QED) is 0.592. The summed E-state index contributed by atoms with van der Waals surface area (Å²) in [6.07, 6.45) is 8.08. The minimum absolute atomic E-state index is 0.483. The number of hydrogen-bond donors (Lipinski definition) is 1. The monoisotopic (exact) mass is 406 g/mol. The van der Waals surface area contributed by atoms with Gasteiger partial charge in [0.2, 0.25) is 0 Å². The number of aromatic nitrogens is 2. The number of benzene rings is 1. The smallest absolute Gasteiger partial charge is 0.129 e. The molecule has 150 valence electrons. The van der Waals surface area contributed by atoms with Crippen LogP contribution >= 0.6 is 11.6 Å². The Balaban J connectivity index is 1.73. The lowest BCUT2D eigenvalue weighted by Gasteiger charge is -2.27. The summed E-state index contributed by atoms with van der Waals surface area (Å²) < 4.78 is 0. The summed E-state index contributed by atoms with van der Waals surface area (Å²) in [5, 5.41) is 4.32. The van der Waals surface area contributed by atoms with E-state index in [-0.39, 0.29) is 0 Å². The third-order valence-electron chi connectivity index (χ3n) is 5.47. The van der Waals surface area contributed by atoms with Gasteiger partial charge in [-0.3, -0.25) is 4.98 Å². The highest BCUT2D eigenvalue weighted by atomic mass is 35.5. The van der Waals surface area contributed by atoms with Gasteiger partial charge in [0.05, 0.1) is 0 Å². The first-order valence-electron chi connectivity index (χ1n) is 10.3. The van der Waals surface area contributed by atoms with Crippen LogP contribution in [0.1, 0.15) is 26.7 Å². The maximum absolute atomic E-state index is 6.10. The van der Waals surface area contributed by atoms with Crippen LogP contribution < -0.4 is 10.2 Å². The Labute approximate surface area is 178 Å². The van der Waals surface area contributed by atoms with Gasteiger partial charge < -0.3 is 10.2 Å². The molecule has 0 unspecified atom stereocenters. The molecule has 0 radical (unpaired) electrons. The summed E-state index contributed by atoms with van der Waals surface area (Å²) in [6.45, 7) is 6.43. The second kappa shape index (κ2) is 8.93. The van der Waals surface area contributed by atoms with E-state index >= 15 is 0 Å². The van der Waals surface area contributed by atoms with Crippen LogP contribution in [0.5, 0.6) is 0 Å². The summed E-state index contributed by atoms with van der Waals surface area (Å²) in [5.41, 5.74) is 4.53. The predicted molar refractivity (Wildman–Crippen MR) is 121 cm³/mol. The molecule has 1 fully saturated rings. The van der Waals surface area contributed by atoms with Crippen LogP contribution in [-0.4, -0.2) is 35.1 Å². The van der Waals surface area contributed by atoms with Crippen LogP contribution in [0.2, 0.25) is 5.02 Å². The van der Waals surface area contributed by atoms with Gasteiger partial charge in [-0.25, -0.2) is 4.98 Å². The molecule has 1 saturated heterocycles. The molecular weight excluding hydrogens is 380 g/mol. The first-order chi connectivity index (χ1) is 14.1. The second-order valence-electron chi connectivity index (χ2n) is 7.88. The van der Waals surface area contributed by atoms with Crippen LogP contribution in [0.3, 0.4) is 0 Å². The van der Waals surface area contributed by atoms with Crippen molar-refractivity contribution in [2.24, 2.45) is 0 Å². The van der Waals surface area contributed by atoms with Gasteiger partial charge in [0.1, 0.15) is 5.82 Å². The molecule has 3 heterocycles. The van der Waals surface area contributed by atoms with E-state index in [1.165, 1.54) is 18.4 Å². The van der Waals surface area contributed by atoms with Gasteiger partial charge in [-0.05, 0) is 59.9 Å². The van der Waals surface area contributed by atoms with Gasteiger partial charge >= 0.3 is 0 Å². The highest BCUT2D eigenvalue weighted by Crippen LogP contribution is 2.35. The van der Waals surface area contributed by atoms with Gasteiger partial charge in [-0.1, -0.05) is 37.6 Å². The van der Waals surface area contributed by atoms with Crippen molar-refractivity contribution >= 4 is 17.4 Å². The molecule has 2 aromatic heterocycles. The van der Waals surface area contributed by atoms with E-state index in [9.17, 15) is 0 Å². The SMILES string of the molecule is CC(C)NC[C@H]1CCCN1c1cc(-c2ccncc2)c(-c2ccc(Cl)cc2)cn1. The molecule has 0 amide bonds. The zero-order valence-electron chi connectivity index (χ0n) is 17.0. The minimum Gasteiger partial charge on any atom is -0.352 e. The molecule has 4 rings (SSSR count). The standard InChI is InChI=1S/C24H27ClN4/c1-17(2)27-15-21-4-3-13-29(21)24-14-22(19-9-11-26-12-10-19)23(16-28-24)18-5-7-20(25)8-6-18/h5-12,14,16-17,21,27H,3-4,13,15H2,1-2H3/t21-/m1/s1. The highest BCUT2D eigenvalue weighted by molar-refractivity contribution is 6.30. The summed E-state index contributed by atoms with van der Waals surface area (Å²) >= 11 is 6.10. The maximum atomic E-state index is 6.10. The van der Waals surface area contributed by atoms with Crippen molar-refractivity contribution < 1.29 is 0 Å². The first-order valence-corrected chi connectivity index (χ1v) is 10.7. The van der Waals surface area contributed by atoms with Gasteiger partial charge in [0.25, 0.3) is 0 Å². The lowest BCUT2D eigenvalue weighted by molar-refractivity contribution is 0.522. The van der Waals surface area contributed by atoms with E-state index < -0.39 is 0 Å². The normalized spacial score (nSPS) is 16.6. The Bertz CT molecular complexity index is 941. The number of anilines is 1. The van der Waals surface area contributed by atoms with Crippen LogP contribution in [0, 0.1) is 0 Å². The van der Waals surface area contributed by atoms with Crippen molar-refractivity contribution in [1.82, 2.24) is 15.3 Å². The fourth-order valence-electron chi connectivity index (χ4n) is 3.95. The molecule has 1 aliphatic rings. The summed E-state index contributed by atoms with van der Waals surface area (Å²) in [7, 11) is 0. The summed E-state index contributed by atoms with van der Waals surface area (Å²) in [4.78, 5) is 11.5. The van der Waals surface area contributed by atoms with E-state index in [0.717, 1.165) is 40.6 Å². The van der Waals surface area contributed by atoms with Crippen molar-refractivity contribution in [3.05, 3.63) is 66.1 Å². The fourth-order valence-corrected chi connectivity index (χ4v) is 4.08. The summed E-state index contributed by atoms with van der Waals surface area (Å²) in [6, 6.07) is 15.3. The van der Waals surface area contributed by atoms with Crippen LogP contribution in [0.15, 0.2) is 61.1 Å². The molecule has 5 heteroatoms. The van der Waals surface area contributed by atoms with Crippen molar-refractivity contribution in [3.63, 3.8) is 0 Å². The molecule has 1 N–H and O–H groups in total. The van der Waals surface area contributed by atoms with Gasteiger partial charge in [0, 0.05) is 54.3 Å². The van der Waals surface area contributed by atoms with E-state index in [0.29, 0.717) is 12.1 Å². The molecule has 0 bridgehead atoms. The number of rotatable bonds is 6. The Morgan fingerprint density at radius 3 is 2.52 bits per heavy atom. The Kier molecular flexibility index (Phi) is 6.12. The zero-order chi connectivity index (χ0) is 20.2. The molecule has 4 nitrogen and oxygen atoms in total. The van der Waals surface area contributed by atoms with E-state index in [1.807, 2.05) is 30.7 Å². The first kappa shape index (κ1) is 19.9. The number of nitrogens with zero attached hydrogens (tertiary/aromatic N) is 3. The third-order valence-corrected chi connectivity index (χ3v) is 5.72. The lowest BCUT2D eigenvalue weighted by atomic mass is 9.97. The molecule has 3 aromatic rings. The van der Waals surface area contributed by atoms with Gasteiger partial charge in [-0.2, -0.15) is 0 Å². The largest absolute Gasteiger partial charge is 0.352 e. The topological polar surface area (TPSA) is 41.0 Å². The van der Waals surface area contributed by atoms with E-state index in [2.05, 4.69) is 59.4 Å². The zero-order valence-corrected chi connectivity index (χ0v) is 17.7. The Hall–Kier alpha value is -2.43. The fraction of sp³-hybridized carbons (Fsp3) is 0.333. The number of pyridine rings is 2. The second-order valence-corrected chi connectivity index (χ2v) is 8.32. The van der Waals surface area contributed by atoms with E-state index in [1.54, 1.807) is 0 Å². The van der Waals surface area contributed by atoms with E-state index in [4.69, 9.17) is 16.6 Å². The molecule has 1 atom stereocenters. The number of nitrogens with one attached hydrogen (secondary N) is 1. The van der Waals surface area contributed by atoms with Crippen molar-refractivity contribution in [1.29, 1.82) is 0 Å². The summed E-state index contributed by atoms with van der Waals surface area (Å²) in [5.74, 6) is 1.04. The number of hydrogen-bond acceptors (Lipinski definition) is 4. The molecule has 0 saturated carbocycles. The molecule has 0 spiro atoms. The van der Waals surface area contributed by atoms with Crippen LogP contribution in [0.25, 0.3) is 22.3 Å². The van der Waals surface area contributed by atoms with Crippen molar-refractivity contribution in [3.8, 4) is 22.3 Å². The minimum atomic E-state index is 0.483. The van der Waals surface area contributed by atoms with Crippen LogP contribution in [-0.2, 0) is 0 Å². The highest BCUT2D eigenvalue weighted by Gasteiger charge is 2.26. The Morgan fingerprint density at radius 1 is 1.07 bits per heavy atom. The predicted octanol–water partition coefficient (Wildman–Crippen LogP) is 5.43. The lowest BCUT2D eigenvalue weighted by Crippen LogP contribution is -2.40. The molecule has 0 aliphatic carbocycles. The molecule has 29 heavy (non-hydrogen) atoms. The maximum Gasteiger partial charge on any atom is 0.129 e. The average molecular weight is 407 g/mol. The molecule has 1 aromatic carbocycles.